The molecule has 2 aromatic carbocycles. The van der Waals surface area contributed by atoms with E-state index in [1.807, 2.05) is 0 Å². The number of hydrogen-bond acceptors (Lipinski definition) is 1. The number of benzene rings is 2. The van der Waals surface area contributed by atoms with Gasteiger partial charge in [0, 0.05) is 12.0 Å². The lowest BCUT2D eigenvalue weighted by molar-refractivity contribution is 0.0991. The SMILES string of the molecule is O=C(Cc1cccc(F)c1F)c1ccc(Br)c(F)c1. The van der Waals surface area contributed by atoms with Gasteiger partial charge in [-0.05, 0) is 39.7 Å². The third-order valence-corrected chi connectivity index (χ3v) is 3.27. The van der Waals surface area contributed by atoms with Crippen molar-refractivity contribution < 1.29 is 18.0 Å². The lowest BCUT2D eigenvalue weighted by Gasteiger charge is -2.04. The molecule has 0 saturated heterocycles. The van der Waals surface area contributed by atoms with Gasteiger partial charge in [0.05, 0.1) is 4.47 Å². The second kappa shape index (κ2) is 5.57. The van der Waals surface area contributed by atoms with Gasteiger partial charge in [-0.3, -0.25) is 4.79 Å². The van der Waals surface area contributed by atoms with E-state index in [1.165, 1.54) is 24.3 Å². The molecular weight excluding hydrogens is 321 g/mol. The Labute approximate surface area is 116 Å². The molecule has 0 saturated carbocycles. The van der Waals surface area contributed by atoms with Crippen LogP contribution in [0.5, 0.6) is 0 Å². The molecule has 0 atom stereocenters. The summed E-state index contributed by atoms with van der Waals surface area (Å²) in [5.74, 6) is -3.11. The monoisotopic (exact) mass is 328 g/mol. The average molecular weight is 329 g/mol. The summed E-state index contributed by atoms with van der Waals surface area (Å²) in [4.78, 5) is 11.9. The number of hydrogen-bond donors (Lipinski definition) is 0. The summed E-state index contributed by atoms with van der Waals surface area (Å²) in [7, 11) is 0. The summed E-state index contributed by atoms with van der Waals surface area (Å²) < 4.78 is 39.9. The predicted octanol–water partition coefficient (Wildman–Crippen LogP) is 4.29. The topological polar surface area (TPSA) is 17.1 Å². The Morgan fingerprint density at radius 3 is 2.47 bits per heavy atom. The van der Waals surface area contributed by atoms with Crippen LogP contribution < -0.4 is 0 Å². The van der Waals surface area contributed by atoms with Gasteiger partial charge in [-0.15, -0.1) is 0 Å². The van der Waals surface area contributed by atoms with Crippen LogP contribution in [-0.4, -0.2) is 5.78 Å². The second-order valence-electron chi connectivity index (χ2n) is 3.94. The minimum Gasteiger partial charge on any atom is -0.294 e. The van der Waals surface area contributed by atoms with Gasteiger partial charge in [-0.25, -0.2) is 13.2 Å². The van der Waals surface area contributed by atoms with Crippen LogP contribution in [0.15, 0.2) is 40.9 Å². The molecule has 1 nitrogen and oxygen atoms in total. The van der Waals surface area contributed by atoms with Gasteiger partial charge in [0.25, 0.3) is 0 Å². The van der Waals surface area contributed by atoms with E-state index >= 15 is 0 Å². The van der Waals surface area contributed by atoms with E-state index in [4.69, 9.17) is 0 Å². The third kappa shape index (κ3) is 3.04. The van der Waals surface area contributed by atoms with Crippen LogP contribution in [0.2, 0.25) is 0 Å². The predicted molar refractivity (Wildman–Crippen MR) is 68.5 cm³/mol. The Kier molecular flexibility index (Phi) is 4.04. The standard InChI is InChI=1S/C14H8BrF3O/c15-10-5-4-8(6-12(10)17)13(19)7-9-2-1-3-11(16)14(9)18/h1-6H,7H2. The quantitative estimate of drug-likeness (QED) is 0.768. The van der Waals surface area contributed by atoms with Gasteiger partial charge < -0.3 is 0 Å². The Bertz CT molecular complexity index is 641. The highest BCUT2D eigenvalue weighted by atomic mass is 79.9. The molecule has 5 heteroatoms. The second-order valence-corrected chi connectivity index (χ2v) is 4.80. The molecule has 0 heterocycles. The molecule has 2 rings (SSSR count). The molecule has 2 aromatic rings. The molecular formula is C14H8BrF3O. The van der Waals surface area contributed by atoms with Crippen molar-refractivity contribution in [3.63, 3.8) is 0 Å². The zero-order valence-corrected chi connectivity index (χ0v) is 11.2. The third-order valence-electron chi connectivity index (χ3n) is 2.62. The molecule has 0 radical (unpaired) electrons. The summed E-state index contributed by atoms with van der Waals surface area (Å²) in [5, 5.41) is 0. The highest BCUT2D eigenvalue weighted by Crippen LogP contribution is 2.19. The van der Waals surface area contributed by atoms with E-state index in [-0.39, 0.29) is 22.0 Å². The minimum absolute atomic E-state index is 0.0478. The van der Waals surface area contributed by atoms with Crippen LogP contribution >= 0.6 is 15.9 Å². The molecule has 98 valence electrons. The van der Waals surface area contributed by atoms with Crippen molar-refractivity contribution >= 4 is 21.7 Å². The first-order chi connectivity index (χ1) is 8.99. The van der Waals surface area contributed by atoms with Crippen molar-refractivity contribution in [2.24, 2.45) is 0 Å². The van der Waals surface area contributed by atoms with Crippen molar-refractivity contribution in [3.05, 3.63) is 69.4 Å². The Balaban J connectivity index is 2.26. The molecule has 19 heavy (non-hydrogen) atoms. The number of ketones is 1. The van der Waals surface area contributed by atoms with Crippen molar-refractivity contribution in [3.8, 4) is 0 Å². The normalized spacial score (nSPS) is 10.5. The fourth-order valence-electron chi connectivity index (χ4n) is 1.63. The zero-order chi connectivity index (χ0) is 14.0. The molecule has 0 bridgehead atoms. The van der Waals surface area contributed by atoms with E-state index < -0.39 is 23.2 Å². The lowest BCUT2D eigenvalue weighted by Crippen LogP contribution is -2.06. The van der Waals surface area contributed by atoms with Gasteiger partial charge in [0.2, 0.25) is 0 Å². The number of halogens is 4. The van der Waals surface area contributed by atoms with Crippen molar-refractivity contribution in [2.75, 3.05) is 0 Å². The van der Waals surface area contributed by atoms with Gasteiger partial charge in [-0.1, -0.05) is 18.2 Å². The maximum absolute atomic E-state index is 13.4. The summed E-state index contributed by atoms with van der Waals surface area (Å²) in [5.41, 5.74) is 0.0673. The first-order valence-electron chi connectivity index (χ1n) is 5.40. The summed E-state index contributed by atoms with van der Waals surface area (Å²) in [6, 6.07) is 7.50. The van der Waals surface area contributed by atoms with E-state index in [1.54, 1.807) is 0 Å². The fourth-order valence-corrected chi connectivity index (χ4v) is 1.88. The van der Waals surface area contributed by atoms with Crippen LogP contribution in [0.3, 0.4) is 0 Å². The molecule has 0 unspecified atom stereocenters. The van der Waals surface area contributed by atoms with E-state index in [0.717, 1.165) is 12.1 Å². The highest BCUT2D eigenvalue weighted by Gasteiger charge is 2.14. The smallest absolute Gasteiger partial charge is 0.167 e. The Morgan fingerprint density at radius 1 is 1.05 bits per heavy atom. The van der Waals surface area contributed by atoms with Crippen molar-refractivity contribution in [1.82, 2.24) is 0 Å². The average Bonchev–Trinajstić information content (AvgIpc) is 2.38. The molecule has 0 amide bonds. The summed E-state index contributed by atoms with van der Waals surface area (Å²) in [6.07, 6.45) is -0.315. The molecule has 0 aliphatic heterocycles. The molecule has 0 N–H and O–H groups in total. The molecule has 0 aromatic heterocycles. The zero-order valence-electron chi connectivity index (χ0n) is 9.59. The van der Waals surface area contributed by atoms with Crippen LogP contribution in [0, 0.1) is 17.5 Å². The first-order valence-corrected chi connectivity index (χ1v) is 6.19. The van der Waals surface area contributed by atoms with Gasteiger partial charge in [0.15, 0.2) is 17.4 Å². The minimum atomic E-state index is -1.05. The molecule has 0 fully saturated rings. The van der Waals surface area contributed by atoms with Crippen molar-refractivity contribution in [1.29, 1.82) is 0 Å². The Morgan fingerprint density at radius 2 is 1.79 bits per heavy atom. The highest BCUT2D eigenvalue weighted by molar-refractivity contribution is 9.10. The number of carbonyl (C=O) groups excluding carboxylic acids is 1. The van der Waals surface area contributed by atoms with E-state index in [2.05, 4.69) is 15.9 Å². The van der Waals surface area contributed by atoms with Crippen molar-refractivity contribution in [2.45, 2.75) is 6.42 Å². The van der Waals surface area contributed by atoms with Crippen LogP contribution in [0.1, 0.15) is 15.9 Å². The lowest BCUT2D eigenvalue weighted by atomic mass is 10.0. The number of carbonyl (C=O) groups is 1. The van der Waals surface area contributed by atoms with E-state index in [9.17, 15) is 18.0 Å². The van der Waals surface area contributed by atoms with Gasteiger partial charge >= 0.3 is 0 Å². The largest absolute Gasteiger partial charge is 0.294 e. The first kappa shape index (κ1) is 13.8. The molecule has 0 spiro atoms. The van der Waals surface area contributed by atoms with Crippen LogP contribution in [0.4, 0.5) is 13.2 Å². The van der Waals surface area contributed by atoms with Gasteiger partial charge in [0.1, 0.15) is 5.82 Å². The molecule has 0 aliphatic rings. The van der Waals surface area contributed by atoms with Crippen LogP contribution in [0.25, 0.3) is 0 Å². The summed E-state index contributed by atoms with van der Waals surface area (Å²) in [6.45, 7) is 0. The fraction of sp³-hybridized carbons (Fsp3) is 0.0714. The maximum Gasteiger partial charge on any atom is 0.167 e. The van der Waals surface area contributed by atoms with Gasteiger partial charge in [-0.2, -0.15) is 0 Å². The Hall–Kier alpha value is -1.62. The maximum atomic E-state index is 13.4. The van der Waals surface area contributed by atoms with E-state index in [0.29, 0.717) is 0 Å². The molecule has 0 aliphatic carbocycles. The van der Waals surface area contributed by atoms with Crippen LogP contribution in [-0.2, 0) is 6.42 Å². The number of Topliss-reactive ketones (excluding diaryl/α,β-unsaturated/α-hetero) is 1. The summed E-state index contributed by atoms with van der Waals surface area (Å²) >= 11 is 2.97. The number of rotatable bonds is 3.